The lowest BCUT2D eigenvalue weighted by atomic mass is 9.81. The Bertz CT molecular complexity index is 3390. The number of fused-ring (bicyclic) bond motifs is 10. The first-order valence-electron chi connectivity index (χ1n) is 20.7. The lowest BCUT2D eigenvalue weighted by molar-refractivity contribution is 0.660. The molecule has 3 heteroatoms. The number of para-hydroxylation sites is 3. The van der Waals surface area contributed by atoms with Crippen LogP contribution in [0.4, 0.5) is 17.1 Å². The molecule has 2 heterocycles. The number of hydrogen-bond donors (Lipinski definition) is 0. The van der Waals surface area contributed by atoms with Crippen LogP contribution in [-0.4, -0.2) is 0 Å². The van der Waals surface area contributed by atoms with E-state index < -0.39 is 0 Å². The summed E-state index contributed by atoms with van der Waals surface area (Å²) in [6.07, 6.45) is 0. The number of rotatable bonds is 6. The molecule has 284 valence electrons. The summed E-state index contributed by atoms with van der Waals surface area (Å²) in [7, 11) is 0. The monoisotopic (exact) mass is 769 g/mol. The lowest BCUT2D eigenvalue weighted by Gasteiger charge is -2.25. The van der Waals surface area contributed by atoms with Gasteiger partial charge in [-0.2, -0.15) is 0 Å². The van der Waals surface area contributed by atoms with Gasteiger partial charge >= 0.3 is 0 Å². The summed E-state index contributed by atoms with van der Waals surface area (Å²) in [6.45, 7) is 4.69. The molecule has 11 aromatic rings. The van der Waals surface area contributed by atoms with E-state index in [0.29, 0.717) is 0 Å². The van der Waals surface area contributed by atoms with Crippen LogP contribution in [0, 0.1) is 0 Å². The van der Waals surface area contributed by atoms with Crippen molar-refractivity contribution < 1.29 is 8.83 Å². The second kappa shape index (κ2) is 13.2. The van der Waals surface area contributed by atoms with Crippen molar-refractivity contribution in [1.29, 1.82) is 0 Å². The Morgan fingerprint density at radius 3 is 1.63 bits per heavy atom. The van der Waals surface area contributed by atoms with E-state index in [1.165, 1.54) is 27.8 Å². The van der Waals surface area contributed by atoms with E-state index in [-0.39, 0.29) is 5.41 Å². The lowest BCUT2D eigenvalue weighted by Crippen LogP contribution is -2.14. The maximum atomic E-state index is 6.99. The fourth-order valence-corrected chi connectivity index (χ4v) is 9.78. The van der Waals surface area contributed by atoms with Gasteiger partial charge < -0.3 is 13.7 Å². The predicted octanol–water partition coefficient (Wildman–Crippen LogP) is 16.3. The number of furan rings is 2. The van der Waals surface area contributed by atoms with Gasteiger partial charge in [-0.15, -0.1) is 0 Å². The third kappa shape index (κ3) is 5.22. The third-order valence-electron chi connectivity index (χ3n) is 12.7. The molecule has 0 bridgehead atoms. The van der Waals surface area contributed by atoms with Crippen LogP contribution in [0.1, 0.15) is 25.0 Å². The second-order valence-electron chi connectivity index (χ2n) is 16.4. The summed E-state index contributed by atoms with van der Waals surface area (Å²) in [6, 6.07) is 71.7. The summed E-state index contributed by atoms with van der Waals surface area (Å²) in [4.78, 5) is 2.29. The standard InChI is InChI=1S/C57H39NO2/c1-57(2)48-19-11-9-17-44(48)45-30-27-39(35-49(45)57)43-31-32-47-55-52(34-33-51-54(55)46-18-10-12-20-50(46)59-51)60-56(47)53(43)38-23-21-36(22-24-38)37-25-28-42(29-26-37)58(40-13-5-3-6-14-40)41-15-7-4-8-16-41/h3-35H,1-2H3. The molecule has 1 aliphatic carbocycles. The van der Waals surface area contributed by atoms with Gasteiger partial charge in [0.1, 0.15) is 22.3 Å². The van der Waals surface area contributed by atoms with E-state index in [1.54, 1.807) is 0 Å². The first-order valence-corrected chi connectivity index (χ1v) is 20.7. The molecule has 0 saturated heterocycles. The minimum absolute atomic E-state index is 0.115. The van der Waals surface area contributed by atoms with E-state index in [1.807, 2.05) is 18.2 Å². The van der Waals surface area contributed by atoms with Gasteiger partial charge in [0.25, 0.3) is 0 Å². The molecule has 0 atom stereocenters. The quantitative estimate of drug-likeness (QED) is 0.169. The van der Waals surface area contributed by atoms with Gasteiger partial charge in [0.15, 0.2) is 0 Å². The van der Waals surface area contributed by atoms with Crippen LogP contribution < -0.4 is 4.90 Å². The maximum Gasteiger partial charge on any atom is 0.143 e. The molecule has 9 aromatic carbocycles. The highest BCUT2D eigenvalue weighted by atomic mass is 16.3. The minimum Gasteiger partial charge on any atom is -0.456 e. The average molecular weight is 770 g/mol. The van der Waals surface area contributed by atoms with E-state index >= 15 is 0 Å². The zero-order chi connectivity index (χ0) is 40.0. The van der Waals surface area contributed by atoms with Crippen LogP contribution >= 0.6 is 0 Å². The van der Waals surface area contributed by atoms with Gasteiger partial charge in [-0.3, -0.25) is 0 Å². The molecule has 0 spiro atoms. The molecule has 60 heavy (non-hydrogen) atoms. The highest BCUT2D eigenvalue weighted by Gasteiger charge is 2.35. The molecule has 1 aliphatic rings. The predicted molar refractivity (Wildman–Crippen MR) is 250 cm³/mol. The third-order valence-corrected chi connectivity index (χ3v) is 12.7. The average Bonchev–Trinajstić information content (AvgIpc) is 3.94. The van der Waals surface area contributed by atoms with Crippen molar-refractivity contribution in [2.24, 2.45) is 0 Å². The van der Waals surface area contributed by atoms with Gasteiger partial charge in [0.2, 0.25) is 0 Å². The van der Waals surface area contributed by atoms with Crippen LogP contribution in [-0.2, 0) is 5.41 Å². The molecule has 12 rings (SSSR count). The zero-order valence-electron chi connectivity index (χ0n) is 33.3. The first kappa shape index (κ1) is 34.4. The summed E-state index contributed by atoms with van der Waals surface area (Å²) in [5.41, 5.74) is 18.9. The number of anilines is 3. The molecule has 0 fully saturated rings. The van der Waals surface area contributed by atoms with Gasteiger partial charge in [0, 0.05) is 49.6 Å². The molecule has 0 unspecified atom stereocenters. The maximum absolute atomic E-state index is 6.99. The summed E-state index contributed by atoms with van der Waals surface area (Å²) < 4.78 is 13.3. The van der Waals surface area contributed by atoms with Crippen molar-refractivity contribution in [3.63, 3.8) is 0 Å². The largest absolute Gasteiger partial charge is 0.456 e. The molecule has 3 nitrogen and oxygen atoms in total. The summed E-state index contributed by atoms with van der Waals surface area (Å²) >= 11 is 0. The minimum atomic E-state index is -0.115. The zero-order valence-corrected chi connectivity index (χ0v) is 33.3. The Hall–Kier alpha value is -7.62. The number of hydrogen-bond acceptors (Lipinski definition) is 3. The molecule has 0 saturated carbocycles. The van der Waals surface area contributed by atoms with Crippen molar-refractivity contribution in [1.82, 2.24) is 0 Å². The Balaban J connectivity index is 1.01. The van der Waals surface area contributed by atoms with Gasteiger partial charge in [-0.25, -0.2) is 0 Å². The molecule has 2 aromatic heterocycles. The number of benzene rings is 9. The van der Waals surface area contributed by atoms with E-state index in [4.69, 9.17) is 8.83 Å². The van der Waals surface area contributed by atoms with Crippen LogP contribution in [0.15, 0.2) is 209 Å². The van der Waals surface area contributed by atoms with Crippen molar-refractivity contribution in [3.05, 3.63) is 211 Å². The molecule has 0 N–H and O–H groups in total. The van der Waals surface area contributed by atoms with Crippen molar-refractivity contribution >= 4 is 60.9 Å². The van der Waals surface area contributed by atoms with Crippen LogP contribution in [0.25, 0.3) is 88.4 Å². The highest BCUT2D eigenvalue weighted by Crippen LogP contribution is 2.51. The van der Waals surface area contributed by atoms with Crippen molar-refractivity contribution in [2.75, 3.05) is 4.90 Å². The highest BCUT2D eigenvalue weighted by molar-refractivity contribution is 6.27. The van der Waals surface area contributed by atoms with E-state index in [2.05, 4.69) is 201 Å². The van der Waals surface area contributed by atoms with Crippen LogP contribution in [0.3, 0.4) is 0 Å². The molecular formula is C57H39NO2. The SMILES string of the molecule is CC1(C)c2ccccc2-c2ccc(-c3ccc4c(oc5ccc6oc7ccccc7c6c54)c3-c3ccc(-c4ccc(N(c5ccccc5)c5ccccc5)cc4)cc3)cc21. The Labute approximate surface area is 348 Å². The molecular weight excluding hydrogens is 731 g/mol. The molecule has 0 amide bonds. The van der Waals surface area contributed by atoms with Gasteiger partial charge in [-0.1, -0.05) is 147 Å². The summed E-state index contributed by atoms with van der Waals surface area (Å²) in [5.74, 6) is 0. The van der Waals surface area contributed by atoms with Gasteiger partial charge in [-0.05, 0) is 117 Å². The normalized spacial score (nSPS) is 13.0. The fourth-order valence-electron chi connectivity index (χ4n) is 9.78. The van der Waals surface area contributed by atoms with E-state index in [9.17, 15) is 0 Å². The Kier molecular flexibility index (Phi) is 7.58. The van der Waals surface area contributed by atoms with Crippen molar-refractivity contribution in [2.45, 2.75) is 19.3 Å². The van der Waals surface area contributed by atoms with Crippen molar-refractivity contribution in [3.8, 4) is 44.5 Å². The van der Waals surface area contributed by atoms with Gasteiger partial charge in [0.05, 0.1) is 0 Å². The summed E-state index contributed by atoms with van der Waals surface area (Å²) in [5, 5.41) is 4.35. The van der Waals surface area contributed by atoms with E-state index in [0.717, 1.165) is 88.8 Å². The first-order chi connectivity index (χ1) is 29.5. The molecule has 0 radical (unpaired) electrons. The Morgan fingerprint density at radius 1 is 0.367 bits per heavy atom. The smallest absolute Gasteiger partial charge is 0.143 e. The number of nitrogens with zero attached hydrogens (tertiary/aromatic N) is 1. The van der Waals surface area contributed by atoms with Crippen LogP contribution in [0.5, 0.6) is 0 Å². The topological polar surface area (TPSA) is 29.5 Å². The Morgan fingerprint density at radius 2 is 0.900 bits per heavy atom. The second-order valence-corrected chi connectivity index (χ2v) is 16.4. The molecule has 0 aliphatic heterocycles. The van der Waals surface area contributed by atoms with Crippen LogP contribution in [0.2, 0.25) is 0 Å². The fraction of sp³-hybridized carbons (Fsp3) is 0.0526.